The number of hydrogen-bond donors (Lipinski definition) is 0. The van der Waals surface area contributed by atoms with Crippen molar-refractivity contribution in [1.82, 2.24) is 19.7 Å². The monoisotopic (exact) mass is 587 g/mol. The van der Waals surface area contributed by atoms with Crippen molar-refractivity contribution in [2.45, 2.75) is 24.0 Å². The van der Waals surface area contributed by atoms with Gasteiger partial charge in [-0.15, -0.1) is 10.2 Å². The summed E-state index contributed by atoms with van der Waals surface area (Å²) in [6.07, 6.45) is 0.512. The summed E-state index contributed by atoms with van der Waals surface area (Å²) in [6.45, 7) is 4.26. The van der Waals surface area contributed by atoms with E-state index in [1.165, 1.54) is 13.2 Å². The number of thioether (sulfide) groups is 1. The van der Waals surface area contributed by atoms with Gasteiger partial charge >= 0.3 is 5.97 Å². The Balaban J connectivity index is 1.56. The average Bonchev–Trinajstić information content (AvgIpc) is 3.27. The second kappa shape index (κ2) is 11.8. The Kier molecular flexibility index (Phi) is 8.33. The molecule has 37 heavy (non-hydrogen) atoms. The first-order chi connectivity index (χ1) is 18.0. The van der Waals surface area contributed by atoms with E-state index in [0.717, 1.165) is 59.5 Å². The van der Waals surface area contributed by atoms with Gasteiger partial charge in [-0.25, -0.2) is 4.39 Å². The highest BCUT2D eigenvalue weighted by Crippen LogP contribution is 2.37. The summed E-state index contributed by atoms with van der Waals surface area (Å²) in [4.78, 5) is 19.4. The SMILES string of the molecule is COC(=O)CC[C@@H]1N=C(c2ccccc2F)c2cc(Br)ccc2-n2c(SCCN3CCOCC3)nnc21. The number of rotatable bonds is 8. The van der Waals surface area contributed by atoms with E-state index in [1.54, 1.807) is 30.0 Å². The molecule has 0 unspecified atom stereocenters. The number of methoxy groups -OCH3 is 1. The first-order valence-corrected chi connectivity index (χ1v) is 13.9. The minimum Gasteiger partial charge on any atom is -0.469 e. The largest absolute Gasteiger partial charge is 0.469 e. The van der Waals surface area contributed by atoms with Crippen LogP contribution in [0.5, 0.6) is 0 Å². The maximum Gasteiger partial charge on any atom is 0.305 e. The second-order valence-electron chi connectivity index (χ2n) is 8.73. The lowest BCUT2D eigenvalue weighted by Gasteiger charge is -2.26. The van der Waals surface area contributed by atoms with Crippen LogP contribution < -0.4 is 0 Å². The second-order valence-corrected chi connectivity index (χ2v) is 10.7. The summed E-state index contributed by atoms with van der Waals surface area (Å²) < 4.78 is 28.2. The minimum atomic E-state index is -0.513. The van der Waals surface area contributed by atoms with Crippen molar-refractivity contribution < 1.29 is 18.7 Å². The lowest BCUT2D eigenvalue weighted by Crippen LogP contribution is -2.37. The smallest absolute Gasteiger partial charge is 0.305 e. The van der Waals surface area contributed by atoms with E-state index in [2.05, 4.69) is 31.0 Å². The van der Waals surface area contributed by atoms with Crippen LogP contribution >= 0.6 is 27.7 Å². The molecule has 11 heteroatoms. The molecule has 2 aromatic carbocycles. The Bertz CT molecular complexity index is 1310. The summed E-state index contributed by atoms with van der Waals surface area (Å²) in [5.41, 5.74) is 2.49. The van der Waals surface area contributed by atoms with Crippen molar-refractivity contribution in [3.8, 4) is 5.69 Å². The van der Waals surface area contributed by atoms with Crippen molar-refractivity contribution in [2.75, 3.05) is 45.7 Å². The number of nitrogens with zero attached hydrogens (tertiary/aromatic N) is 5. The van der Waals surface area contributed by atoms with Gasteiger partial charge in [0.05, 0.1) is 31.7 Å². The van der Waals surface area contributed by atoms with Crippen LogP contribution in [0.15, 0.2) is 57.1 Å². The third-order valence-corrected chi connectivity index (χ3v) is 7.82. The lowest BCUT2D eigenvalue weighted by molar-refractivity contribution is -0.140. The van der Waals surface area contributed by atoms with E-state index in [-0.39, 0.29) is 18.2 Å². The number of fused-ring (bicyclic) bond motifs is 3. The van der Waals surface area contributed by atoms with Gasteiger partial charge in [0.1, 0.15) is 11.9 Å². The van der Waals surface area contributed by atoms with Crippen molar-refractivity contribution in [3.63, 3.8) is 0 Å². The van der Waals surface area contributed by atoms with Crippen molar-refractivity contribution in [2.24, 2.45) is 4.99 Å². The molecule has 1 atom stereocenters. The molecule has 1 saturated heterocycles. The van der Waals surface area contributed by atoms with Crippen molar-refractivity contribution in [3.05, 3.63) is 69.7 Å². The molecule has 194 valence electrons. The van der Waals surface area contributed by atoms with E-state index in [1.807, 2.05) is 22.8 Å². The van der Waals surface area contributed by atoms with Crippen LogP contribution in [0.25, 0.3) is 5.69 Å². The number of halogens is 2. The van der Waals surface area contributed by atoms with Gasteiger partial charge in [-0.05, 0) is 36.8 Å². The molecular formula is C26H27BrFN5O3S. The van der Waals surface area contributed by atoms with Crippen LogP contribution in [0, 0.1) is 5.82 Å². The quantitative estimate of drug-likeness (QED) is 0.284. The molecule has 3 heterocycles. The Labute approximate surface area is 227 Å². The van der Waals surface area contributed by atoms with Crippen LogP contribution in [-0.2, 0) is 14.3 Å². The fourth-order valence-electron chi connectivity index (χ4n) is 4.50. The standard InChI is InChI=1S/C26H27BrFN5O3S/c1-35-23(34)9-7-21-25-30-31-26(37-15-12-32-10-13-36-14-11-32)33(25)22-8-6-17(27)16-19(22)24(29-21)18-4-2-3-5-20(18)28/h2-6,8,16,21H,7,9-15H2,1H3/t21-/m0/s1. The number of benzene rings is 2. The van der Waals surface area contributed by atoms with E-state index in [9.17, 15) is 4.79 Å². The van der Waals surface area contributed by atoms with Crippen LogP contribution in [-0.4, -0.2) is 77.1 Å². The molecule has 8 nitrogen and oxygen atoms in total. The number of aliphatic imine (C=N–C) groups is 1. The molecule has 1 aromatic heterocycles. The molecule has 3 aromatic rings. The Hall–Kier alpha value is -2.60. The number of esters is 1. The number of aromatic nitrogens is 3. The average molecular weight is 589 g/mol. The molecule has 0 aliphatic carbocycles. The summed E-state index contributed by atoms with van der Waals surface area (Å²) in [7, 11) is 1.36. The van der Waals surface area contributed by atoms with Crippen molar-refractivity contribution >= 4 is 39.4 Å². The topological polar surface area (TPSA) is 81.8 Å². The first kappa shape index (κ1) is 26.0. The van der Waals surface area contributed by atoms with Crippen molar-refractivity contribution in [1.29, 1.82) is 0 Å². The van der Waals surface area contributed by atoms with E-state index in [0.29, 0.717) is 23.5 Å². The maximum absolute atomic E-state index is 15.1. The molecule has 0 saturated carbocycles. The highest BCUT2D eigenvalue weighted by molar-refractivity contribution is 9.10. The molecule has 0 spiro atoms. The van der Waals surface area contributed by atoms with Crippen LogP contribution in [0.3, 0.4) is 0 Å². The Morgan fingerprint density at radius 2 is 2.00 bits per heavy atom. The van der Waals surface area contributed by atoms with Crippen LogP contribution in [0.4, 0.5) is 4.39 Å². The number of hydrogen-bond acceptors (Lipinski definition) is 8. The maximum atomic E-state index is 15.1. The van der Waals surface area contributed by atoms with E-state index in [4.69, 9.17) is 14.5 Å². The van der Waals surface area contributed by atoms with Gasteiger partial charge in [0, 0.05) is 47.4 Å². The first-order valence-electron chi connectivity index (χ1n) is 12.1. The van der Waals surface area contributed by atoms with Crippen LogP contribution in [0.2, 0.25) is 0 Å². The predicted molar refractivity (Wildman–Crippen MR) is 143 cm³/mol. The lowest BCUT2D eigenvalue weighted by atomic mass is 10.00. The zero-order chi connectivity index (χ0) is 25.8. The highest BCUT2D eigenvalue weighted by atomic mass is 79.9. The van der Waals surface area contributed by atoms with Crippen LogP contribution in [0.1, 0.15) is 35.8 Å². The molecule has 0 amide bonds. The highest BCUT2D eigenvalue weighted by Gasteiger charge is 2.30. The van der Waals surface area contributed by atoms with Gasteiger partial charge in [-0.1, -0.05) is 39.8 Å². The van der Waals surface area contributed by atoms with E-state index < -0.39 is 6.04 Å². The zero-order valence-corrected chi connectivity index (χ0v) is 22.8. The molecule has 0 bridgehead atoms. The Morgan fingerprint density at radius 1 is 1.19 bits per heavy atom. The molecule has 1 fully saturated rings. The molecule has 0 radical (unpaired) electrons. The minimum absolute atomic E-state index is 0.154. The molecule has 5 rings (SSSR count). The number of carbonyl (C=O) groups is 1. The number of ether oxygens (including phenoxy) is 2. The van der Waals surface area contributed by atoms with Gasteiger partial charge in [-0.2, -0.15) is 0 Å². The fourth-order valence-corrected chi connectivity index (χ4v) is 5.81. The van der Waals surface area contributed by atoms with Gasteiger partial charge in [0.15, 0.2) is 11.0 Å². The molecular weight excluding hydrogens is 561 g/mol. The van der Waals surface area contributed by atoms with Gasteiger partial charge in [0.2, 0.25) is 0 Å². The van der Waals surface area contributed by atoms with Gasteiger partial charge < -0.3 is 9.47 Å². The predicted octanol–water partition coefficient (Wildman–Crippen LogP) is 4.44. The normalized spacial score (nSPS) is 17.5. The third kappa shape index (κ3) is 5.79. The molecule has 2 aliphatic rings. The number of carbonyl (C=O) groups excluding carboxylic acids is 1. The summed E-state index contributed by atoms with van der Waals surface area (Å²) >= 11 is 5.19. The molecule has 2 aliphatic heterocycles. The molecule has 0 N–H and O–H groups in total. The van der Waals surface area contributed by atoms with Gasteiger partial charge in [0.25, 0.3) is 0 Å². The summed E-state index contributed by atoms with van der Waals surface area (Å²) in [5, 5.41) is 9.79. The zero-order valence-electron chi connectivity index (χ0n) is 20.4. The fraction of sp³-hybridized carbons (Fsp3) is 0.385. The summed E-state index contributed by atoms with van der Waals surface area (Å²) in [5.74, 6) is 0.750. The summed E-state index contributed by atoms with van der Waals surface area (Å²) in [6, 6.07) is 11.9. The number of morpholine rings is 1. The Morgan fingerprint density at radius 3 is 2.78 bits per heavy atom. The van der Waals surface area contributed by atoms with Gasteiger partial charge in [-0.3, -0.25) is 19.3 Å². The third-order valence-electron chi connectivity index (χ3n) is 6.42. The van der Waals surface area contributed by atoms with E-state index >= 15 is 4.39 Å².